The van der Waals surface area contributed by atoms with E-state index in [0.29, 0.717) is 30.5 Å². The van der Waals surface area contributed by atoms with Crippen LogP contribution in [-0.4, -0.2) is 55.4 Å². The first-order valence-electron chi connectivity index (χ1n) is 10.5. The lowest BCUT2D eigenvalue weighted by molar-refractivity contribution is 0.0796. The maximum atomic E-state index is 12.9. The molecular weight excluding hydrogens is 382 g/mol. The van der Waals surface area contributed by atoms with Crippen molar-refractivity contribution < 1.29 is 9.90 Å². The van der Waals surface area contributed by atoms with Crippen LogP contribution in [-0.2, 0) is 6.42 Å². The van der Waals surface area contributed by atoms with E-state index < -0.39 is 0 Å². The average Bonchev–Trinajstić information content (AvgIpc) is 3.23. The lowest BCUT2D eigenvalue weighted by Crippen LogP contribution is -2.29. The number of carbonyl (C=O) groups excluding carboxylic acids is 1. The predicted octanol–water partition coefficient (Wildman–Crippen LogP) is 2.46. The molecule has 1 saturated carbocycles. The number of hydrogen-bond acceptors (Lipinski definition) is 4. The van der Waals surface area contributed by atoms with Gasteiger partial charge in [0.25, 0.3) is 5.91 Å². The van der Waals surface area contributed by atoms with Gasteiger partial charge in [0.2, 0.25) is 0 Å². The molecule has 30 heavy (non-hydrogen) atoms. The normalized spacial score (nSPS) is 19.3. The fourth-order valence-corrected chi connectivity index (χ4v) is 4.49. The van der Waals surface area contributed by atoms with Gasteiger partial charge in [-0.15, -0.1) is 0 Å². The van der Waals surface area contributed by atoms with E-state index in [-0.39, 0.29) is 23.7 Å². The molecular formula is C22H29N5O3. The lowest BCUT2D eigenvalue weighted by Gasteiger charge is -2.26. The number of nitrogens with one attached hydrogen (secondary N) is 2. The van der Waals surface area contributed by atoms with Crippen LogP contribution in [0.1, 0.15) is 59.0 Å². The maximum Gasteiger partial charge on any atom is 0.326 e. The Hall–Kier alpha value is -2.87. The third-order valence-electron chi connectivity index (χ3n) is 6.32. The molecule has 1 fully saturated rings. The molecule has 0 bridgehead atoms. The first kappa shape index (κ1) is 20.4. The summed E-state index contributed by atoms with van der Waals surface area (Å²) >= 11 is 0. The van der Waals surface area contributed by atoms with Crippen LogP contribution in [0, 0.1) is 13.8 Å². The minimum Gasteiger partial charge on any atom is -0.393 e. The molecule has 1 amide bonds. The molecule has 1 aliphatic carbocycles. The first-order chi connectivity index (χ1) is 14.3. The van der Waals surface area contributed by atoms with E-state index in [4.69, 9.17) is 0 Å². The van der Waals surface area contributed by atoms with Gasteiger partial charge in [0, 0.05) is 30.9 Å². The standard InChI is InChI=1S/C22H29N5O3/c1-13-18(14(2)25-24-13)10-11-26(3)21(29)15-4-9-20-19(12-15)23-22(30)27(20)16-5-7-17(28)8-6-16/h4,9,12,16-17,28H,5-8,10-11H2,1-3H3,(H,23,30)(H,24,25). The quantitative estimate of drug-likeness (QED) is 0.599. The number of rotatable bonds is 5. The fourth-order valence-electron chi connectivity index (χ4n) is 4.49. The molecule has 3 aromatic rings. The Kier molecular flexibility index (Phi) is 5.51. The number of likely N-dealkylation sites (N-methyl/N-ethyl adjacent to an activating group) is 1. The second-order valence-corrected chi connectivity index (χ2v) is 8.38. The van der Waals surface area contributed by atoms with Crippen LogP contribution in [0.15, 0.2) is 23.0 Å². The number of aromatic amines is 2. The van der Waals surface area contributed by atoms with Crippen LogP contribution in [0.3, 0.4) is 0 Å². The summed E-state index contributed by atoms with van der Waals surface area (Å²) in [5, 5.41) is 16.9. The van der Waals surface area contributed by atoms with Crippen molar-refractivity contribution in [2.45, 2.75) is 58.1 Å². The monoisotopic (exact) mass is 411 g/mol. The molecule has 0 radical (unpaired) electrons. The molecule has 8 nitrogen and oxygen atoms in total. The second-order valence-electron chi connectivity index (χ2n) is 8.38. The second kappa shape index (κ2) is 8.10. The minimum absolute atomic E-state index is 0.0786. The lowest BCUT2D eigenvalue weighted by atomic mass is 9.93. The van der Waals surface area contributed by atoms with Crippen molar-refractivity contribution in [3.8, 4) is 0 Å². The molecule has 0 atom stereocenters. The SMILES string of the molecule is Cc1n[nH]c(C)c1CCN(C)C(=O)c1ccc2c(c1)[nH]c(=O)n2C1CCC(O)CC1. The third-order valence-corrected chi connectivity index (χ3v) is 6.32. The van der Waals surface area contributed by atoms with E-state index in [1.54, 1.807) is 28.6 Å². The van der Waals surface area contributed by atoms with Crippen LogP contribution >= 0.6 is 0 Å². The number of amides is 1. The van der Waals surface area contributed by atoms with E-state index in [0.717, 1.165) is 41.7 Å². The number of benzene rings is 1. The third kappa shape index (κ3) is 3.79. The number of carbonyl (C=O) groups is 1. The van der Waals surface area contributed by atoms with Crippen molar-refractivity contribution in [3.63, 3.8) is 0 Å². The number of aliphatic hydroxyl groups is 1. The Bertz CT molecular complexity index is 1100. The van der Waals surface area contributed by atoms with Gasteiger partial charge in [-0.05, 0) is 69.7 Å². The van der Waals surface area contributed by atoms with E-state index >= 15 is 0 Å². The number of aliphatic hydroxyl groups excluding tert-OH is 1. The van der Waals surface area contributed by atoms with Gasteiger partial charge in [-0.1, -0.05) is 0 Å². The Morgan fingerprint density at radius 1 is 1.27 bits per heavy atom. The van der Waals surface area contributed by atoms with Crippen molar-refractivity contribution in [1.82, 2.24) is 24.6 Å². The summed E-state index contributed by atoms with van der Waals surface area (Å²) in [6, 6.07) is 5.49. The van der Waals surface area contributed by atoms with E-state index in [1.165, 1.54) is 0 Å². The number of fused-ring (bicyclic) bond motifs is 1. The Morgan fingerprint density at radius 2 is 2.00 bits per heavy atom. The first-order valence-corrected chi connectivity index (χ1v) is 10.5. The predicted molar refractivity (Wildman–Crippen MR) is 115 cm³/mol. The molecule has 3 N–H and O–H groups in total. The summed E-state index contributed by atoms with van der Waals surface area (Å²) in [6.07, 6.45) is 3.45. The molecule has 160 valence electrons. The van der Waals surface area contributed by atoms with Gasteiger partial charge in [-0.3, -0.25) is 14.5 Å². The minimum atomic E-state index is -0.267. The van der Waals surface area contributed by atoms with Gasteiger partial charge in [0.05, 0.1) is 22.8 Å². The van der Waals surface area contributed by atoms with Gasteiger partial charge in [0.15, 0.2) is 0 Å². The highest BCUT2D eigenvalue weighted by atomic mass is 16.3. The van der Waals surface area contributed by atoms with Crippen molar-refractivity contribution in [2.75, 3.05) is 13.6 Å². The molecule has 0 spiro atoms. The topological polar surface area (TPSA) is 107 Å². The zero-order valence-corrected chi connectivity index (χ0v) is 17.7. The number of nitrogens with zero attached hydrogens (tertiary/aromatic N) is 3. The van der Waals surface area contributed by atoms with Gasteiger partial charge in [0.1, 0.15) is 0 Å². The van der Waals surface area contributed by atoms with Gasteiger partial charge in [-0.25, -0.2) is 4.79 Å². The summed E-state index contributed by atoms with van der Waals surface area (Å²) in [7, 11) is 1.79. The van der Waals surface area contributed by atoms with Crippen LogP contribution in [0.5, 0.6) is 0 Å². The number of imidazole rings is 1. The van der Waals surface area contributed by atoms with E-state index in [9.17, 15) is 14.7 Å². The highest BCUT2D eigenvalue weighted by Gasteiger charge is 2.24. The molecule has 8 heteroatoms. The summed E-state index contributed by atoms with van der Waals surface area (Å²) in [5.74, 6) is -0.0786. The molecule has 1 aliphatic rings. The summed E-state index contributed by atoms with van der Waals surface area (Å²) in [5.41, 5.74) is 5.02. The molecule has 2 heterocycles. The fraction of sp³-hybridized carbons (Fsp3) is 0.500. The van der Waals surface area contributed by atoms with Gasteiger partial charge < -0.3 is 15.0 Å². The summed E-state index contributed by atoms with van der Waals surface area (Å²) < 4.78 is 1.78. The maximum absolute atomic E-state index is 12.9. The molecule has 0 saturated heterocycles. The number of aromatic nitrogens is 4. The van der Waals surface area contributed by atoms with Crippen molar-refractivity contribution in [3.05, 3.63) is 51.2 Å². The van der Waals surface area contributed by atoms with E-state index in [1.807, 2.05) is 19.9 Å². The van der Waals surface area contributed by atoms with Crippen LogP contribution in [0.2, 0.25) is 0 Å². The average molecular weight is 412 g/mol. The zero-order valence-electron chi connectivity index (χ0n) is 17.7. The summed E-state index contributed by atoms with van der Waals surface area (Å²) in [4.78, 5) is 30.1. The Labute approximate surface area is 174 Å². The molecule has 4 rings (SSSR count). The van der Waals surface area contributed by atoms with E-state index in [2.05, 4.69) is 15.2 Å². The number of hydrogen-bond donors (Lipinski definition) is 3. The smallest absolute Gasteiger partial charge is 0.326 e. The molecule has 2 aromatic heterocycles. The summed E-state index contributed by atoms with van der Waals surface area (Å²) in [6.45, 7) is 4.53. The Morgan fingerprint density at radius 3 is 2.67 bits per heavy atom. The van der Waals surface area contributed by atoms with Crippen LogP contribution in [0.25, 0.3) is 11.0 Å². The number of aryl methyl sites for hydroxylation is 2. The number of H-pyrrole nitrogens is 2. The van der Waals surface area contributed by atoms with Crippen molar-refractivity contribution >= 4 is 16.9 Å². The Balaban J connectivity index is 1.52. The largest absolute Gasteiger partial charge is 0.393 e. The van der Waals surface area contributed by atoms with Crippen molar-refractivity contribution in [2.24, 2.45) is 0 Å². The zero-order chi connectivity index (χ0) is 21.4. The van der Waals surface area contributed by atoms with Crippen LogP contribution in [0.4, 0.5) is 0 Å². The highest BCUT2D eigenvalue weighted by Crippen LogP contribution is 2.30. The molecule has 0 unspecified atom stereocenters. The highest BCUT2D eigenvalue weighted by molar-refractivity contribution is 5.97. The van der Waals surface area contributed by atoms with Crippen molar-refractivity contribution in [1.29, 1.82) is 0 Å². The van der Waals surface area contributed by atoms with Crippen LogP contribution < -0.4 is 5.69 Å². The molecule has 0 aliphatic heterocycles. The van der Waals surface area contributed by atoms with Gasteiger partial charge in [-0.2, -0.15) is 5.10 Å². The molecule has 1 aromatic carbocycles. The van der Waals surface area contributed by atoms with Gasteiger partial charge >= 0.3 is 5.69 Å².